The number of aryl methyl sites for hydroxylation is 1. The van der Waals surface area contributed by atoms with Crippen LogP contribution in [0.25, 0.3) is 16.6 Å². The van der Waals surface area contributed by atoms with Crippen molar-refractivity contribution >= 4 is 56.9 Å². The maximum absolute atomic E-state index is 13.2. The van der Waals surface area contributed by atoms with E-state index < -0.39 is 0 Å². The molecule has 0 radical (unpaired) electrons. The van der Waals surface area contributed by atoms with Gasteiger partial charge in [-0.2, -0.15) is 0 Å². The van der Waals surface area contributed by atoms with Crippen LogP contribution in [0.3, 0.4) is 0 Å². The van der Waals surface area contributed by atoms with Gasteiger partial charge in [-0.1, -0.05) is 41.6 Å². The van der Waals surface area contributed by atoms with Gasteiger partial charge in [0.15, 0.2) is 5.16 Å². The summed E-state index contributed by atoms with van der Waals surface area (Å²) in [5.41, 5.74) is 2.58. The smallest absolute Gasteiger partial charge is 0.266 e. The molecule has 0 spiro atoms. The summed E-state index contributed by atoms with van der Waals surface area (Å²) in [7, 11) is 0. The van der Waals surface area contributed by atoms with E-state index in [9.17, 15) is 4.79 Å². The lowest BCUT2D eigenvalue weighted by Gasteiger charge is -2.13. The maximum atomic E-state index is 13.2. The molecule has 3 aromatic rings. The molecule has 6 heteroatoms. The Balaban J connectivity index is 2.24. The van der Waals surface area contributed by atoms with Gasteiger partial charge in [0, 0.05) is 14.4 Å². The minimum Gasteiger partial charge on any atom is -0.268 e. The van der Waals surface area contributed by atoms with Crippen LogP contribution in [0, 0.1) is 10.5 Å². The molecule has 0 aliphatic heterocycles. The molecule has 0 saturated heterocycles. The van der Waals surface area contributed by atoms with E-state index in [1.54, 1.807) is 4.57 Å². The van der Waals surface area contributed by atoms with Gasteiger partial charge in [-0.25, -0.2) is 4.98 Å². The van der Waals surface area contributed by atoms with Crippen molar-refractivity contribution in [2.45, 2.75) is 19.0 Å². The summed E-state index contributed by atoms with van der Waals surface area (Å²) in [5.74, 6) is 0.656. The normalized spacial score (nSPS) is 11.9. The van der Waals surface area contributed by atoms with E-state index in [0.29, 0.717) is 21.8 Å². The molecular formula is C19H16ClIN2OS. The highest BCUT2D eigenvalue weighted by Gasteiger charge is 2.13. The maximum Gasteiger partial charge on any atom is 0.266 e. The van der Waals surface area contributed by atoms with Gasteiger partial charge in [-0.3, -0.25) is 9.36 Å². The Morgan fingerprint density at radius 2 is 2.12 bits per heavy atom. The zero-order chi connectivity index (χ0) is 18.0. The highest BCUT2D eigenvalue weighted by molar-refractivity contribution is 14.1. The van der Waals surface area contributed by atoms with Crippen LogP contribution in [0.5, 0.6) is 0 Å². The van der Waals surface area contributed by atoms with Crippen LogP contribution >= 0.6 is 46.0 Å². The molecule has 25 heavy (non-hydrogen) atoms. The van der Waals surface area contributed by atoms with Crippen molar-refractivity contribution in [2.24, 2.45) is 0 Å². The van der Waals surface area contributed by atoms with E-state index in [-0.39, 0.29) is 5.56 Å². The van der Waals surface area contributed by atoms with E-state index >= 15 is 0 Å². The van der Waals surface area contributed by atoms with E-state index in [0.717, 1.165) is 19.9 Å². The van der Waals surface area contributed by atoms with Crippen LogP contribution < -0.4 is 5.56 Å². The second-order valence-electron chi connectivity index (χ2n) is 5.64. The van der Waals surface area contributed by atoms with E-state index in [1.807, 2.05) is 62.4 Å². The Bertz CT molecular complexity index is 1030. The van der Waals surface area contributed by atoms with E-state index in [4.69, 9.17) is 16.6 Å². The SMILES string of the molecule is C/C(Cl)=C\CSc1nc2ccc(I)cc2c(=O)n1-c1cccc(C)c1. The number of benzene rings is 2. The third-order valence-electron chi connectivity index (χ3n) is 3.64. The first-order chi connectivity index (χ1) is 12.0. The molecule has 0 aliphatic rings. The Morgan fingerprint density at radius 1 is 1.32 bits per heavy atom. The summed E-state index contributed by atoms with van der Waals surface area (Å²) >= 11 is 9.63. The van der Waals surface area contributed by atoms with Gasteiger partial charge in [0.1, 0.15) is 0 Å². The quantitative estimate of drug-likeness (QED) is 0.278. The predicted molar refractivity (Wildman–Crippen MR) is 115 cm³/mol. The Kier molecular flexibility index (Phi) is 5.86. The molecule has 0 unspecified atom stereocenters. The van der Waals surface area contributed by atoms with Gasteiger partial charge in [0.25, 0.3) is 5.56 Å². The highest BCUT2D eigenvalue weighted by atomic mass is 127. The summed E-state index contributed by atoms with van der Waals surface area (Å²) in [6.45, 7) is 3.85. The van der Waals surface area contributed by atoms with Gasteiger partial charge >= 0.3 is 0 Å². The second-order valence-corrected chi connectivity index (χ2v) is 8.47. The molecule has 3 rings (SSSR count). The van der Waals surface area contributed by atoms with Crippen LogP contribution in [0.15, 0.2) is 63.5 Å². The summed E-state index contributed by atoms with van der Waals surface area (Å²) in [5, 5.41) is 2.02. The molecule has 0 amide bonds. The third-order valence-corrected chi connectivity index (χ3v) is 5.33. The van der Waals surface area contributed by atoms with E-state index in [2.05, 4.69) is 22.6 Å². The average molecular weight is 483 g/mol. The summed E-state index contributed by atoms with van der Waals surface area (Å²) in [6, 6.07) is 13.6. The number of fused-ring (bicyclic) bond motifs is 1. The molecule has 0 atom stereocenters. The van der Waals surface area contributed by atoms with Crippen molar-refractivity contribution < 1.29 is 0 Å². The van der Waals surface area contributed by atoms with Crippen molar-refractivity contribution in [3.05, 3.63) is 73.1 Å². The van der Waals surface area contributed by atoms with Crippen LogP contribution in [-0.4, -0.2) is 15.3 Å². The number of halogens is 2. The number of hydrogen-bond acceptors (Lipinski definition) is 3. The number of aromatic nitrogens is 2. The fraction of sp³-hybridized carbons (Fsp3) is 0.158. The first kappa shape index (κ1) is 18.5. The molecule has 2 aromatic carbocycles. The standard InChI is InChI=1S/C19H16ClIN2OS/c1-12-4-3-5-15(10-12)23-18(24)16-11-14(21)6-7-17(16)22-19(23)25-9-8-13(2)20/h3-8,10-11H,9H2,1-2H3/b13-8+. The first-order valence-electron chi connectivity index (χ1n) is 7.70. The number of allylic oxidation sites excluding steroid dienone is 1. The van der Waals surface area contributed by atoms with E-state index in [1.165, 1.54) is 11.8 Å². The molecule has 0 saturated carbocycles. The lowest BCUT2D eigenvalue weighted by Crippen LogP contribution is -2.22. The number of nitrogens with zero attached hydrogens (tertiary/aromatic N) is 2. The molecular weight excluding hydrogens is 467 g/mol. The summed E-state index contributed by atoms with van der Waals surface area (Å²) in [4.78, 5) is 17.9. The topological polar surface area (TPSA) is 34.9 Å². The Morgan fingerprint density at radius 3 is 2.84 bits per heavy atom. The van der Waals surface area contributed by atoms with Crippen molar-refractivity contribution in [2.75, 3.05) is 5.75 Å². The van der Waals surface area contributed by atoms with Crippen molar-refractivity contribution in [3.63, 3.8) is 0 Å². The molecule has 0 N–H and O–H groups in total. The minimum absolute atomic E-state index is 0.0526. The molecule has 0 bridgehead atoms. The van der Waals surface area contributed by atoms with Crippen LogP contribution in [-0.2, 0) is 0 Å². The van der Waals surface area contributed by atoms with Gasteiger partial charge < -0.3 is 0 Å². The molecule has 0 fully saturated rings. The zero-order valence-electron chi connectivity index (χ0n) is 13.8. The first-order valence-corrected chi connectivity index (χ1v) is 10.1. The van der Waals surface area contributed by atoms with Gasteiger partial charge in [0.05, 0.1) is 16.6 Å². The third kappa shape index (κ3) is 4.27. The second kappa shape index (κ2) is 7.93. The largest absolute Gasteiger partial charge is 0.268 e. The Hall–Kier alpha value is -1.31. The van der Waals surface area contributed by atoms with Gasteiger partial charge in [0.2, 0.25) is 0 Å². The molecule has 1 heterocycles. The minimum atomic E-state index is -0.0526. The Labute approximate surface area is 169 Å². The lowest BCUT2D eigenvalue weighted by molar-refractivity contribution is 0.820. The van der Waals surface area contributed by atoms with Crippen LogP contribution in [0.2, 0.25) is 0 Å². The fourth-order valence-corrected chi connectivity index (χ4v) is 4.08. The number of thioether (sulfide) groups is 1. The van der Waals surface area contributed by atoms with Crippen LogP contribution in [0.4, 0.5) is 0 Å². The lowest BCUT2D eigenvalue weighted by atomic mass is 10.2. The molecule has 0 aliphatic carbocycles. The van der Waals surface area contributed by atoms with Gasteiger partial charge in [-0.15, -0.1) is 0 Å². The van der Waals surface area contributed by atoms with Crippen molar-refractivity contribution in [1.82, 2.24) is 9.55 Å². The highest BCUT2D eigenvalue weighted by Crippen LogP contribution is 2.23. The fourth-order valence-electron chi connectivity index (χ4n) is 2.46. The number of rotatable bonds is 4. The number of hydrogen-bond donors (Lipinski definition) is 0. The molecule has 128 valence electrons. The predicted octanol–water partition coefficient (Wildman–Crippen LogP) is 5.53. The van der Waals surface area contributed by atoms with Crippen molar-refractivity contribution in [3.8, 4) is 5.69 Å². The van der Waals surface area contributed by atoms with Crippen LogP contribution in [0.1, 0.15) is 12.5 Å². The average Bonchev–Trinajstić information content (AvgIpc) is 2.55. The summed E-state index contributed by atoms with van der Waals surface area (Å²) in [6.07, 6.45) is 1.91. The monoisotopic (exact) mass is 482 g/mol. The van der Waals surface area contributed by atoms with Gasteiger partial charge in [-0.05, 0) is 72.3 Å². The zero-order valence-corrected chi connectivity index (χ0v) is 17.5. The molecule has 3 nitrogen and oxygen atoms in total. The molecule has 1 aromatic heterocycles. The van der Waals surface area contributed by atoms with Crippen molar-refractivity contribution in [1.29, 1.82) is 0 Å². The summed E-state index contributed by atoms with van der Waals surface area (Å²) < 4.78 is 2.70.